The van der Waals surface area contributed by atoms with Crippen LogP contribution in [-0.2, 0) is 6.42 Å². The summed E-state index contributed by atoms with van der Waals surface area (Å²) >= 11 is 1.38. The van der Waals surface area contributed by atoms with Crippen LogP contribution in [0.4, 0.5) is 15.6 Å². The summed E-state index contributed by atoms with van der Waals surface area (Å²) in [4.78, 5) is 12.0. The third kappa shape index (κ3) is 3.70. The molecule has 1 aromatic heterocycles. The molecule has 0 aliphatic heterocycles. The van der Waals surface area contributed by atoms with Crippen molar-refractivity contribution in [1.82, 2.24) is 10.2 Å². The van der Waals surface area contributed by atoms with Crippen molar-refractivity contribution in [3.63, 3.8) is 0 Å². The monoisotopic (exact) mass is 360 g/mol. The molecule has 0 unspecified atom stereocenters. The molecule has 0 bridgehead atoms. The summed E-state index contributed by atoms with van der Waals surface area (Å²) < 4.78 is 0. The molecule has 6 heteroatoms. The lowest BCUT2D eigenvalue weighted by Gasteiger charge is -2.04. The number of hydrogen-bond donors (Lipinski definition) is 2. The maximum atomic E-state index is 12.0. The number of hydrogen-bond acceptors (Lipinski definition) is 4. The van der Waals surface area contributed by atoms with Crippen molar-refractivity contribution < 1.29 is 4.79 Å². The summed E-state index contributed by atoms with van der Waals surface area (Å²) in [6, 6.07) is 23.5. The van der Waals surface area contributed by atoms with Gasteiger partial charge >= 0.3 is 6.03 Å². The van der Waals surface area contributed by atoms with Crippen molar-refractivity contribution in [3.05, 3.63) is 83.4 Å². The first-order valence-electron chi connectivity index (χ1n) is 8.20. The van der Waals surface area contributed by atoms with Crippen LogP contribution in [-0.4, -0.2) is 16.2 Å². The Morgan fingerprint density at radius 3 is 2.50 bits per heavy atom. The minimum absolute atomic E-state index is 0.330. The smallest absolute Gasteiger partial charge is 0.308 e. The quantitative estimate of drug-likeness (QED) is 0.542. The normalized spacial score (nSPS) is 10.6. The molecule has 0 radical (unpaired) electrons. The van der Waals surface area contributed by atoms with Crippen LogP contribution >= 0.6 is 11.3 Å². The fourth-order valence-corrected chi connectivity index (χ4v) is 3.52. The minimum atomic E-state index is -0.330. The first kappa shape index (κ1) is 16.2. The Labute approximate surface area is 154 Å². The first-order chi connectivity index (χ1) is 12.8. The number of nitrogens with zero attached hydrogens (tertiary/aromatic N) is 2. The molecule has 0 aliphatic carbocycles. The van der Waals surface area contributed by atoms with Gasteiger partial charge < -0.3 is 5.32 Å². The number of fused-ring (bicyclic) bond motifs is 1. The van der Waals surface area contributed by atoms with Gasteiger partial charge in [-0.15, -0.1) is 10.2 Å². The van der Waals surface area contributed by atoms with Crippen LogP contribution in [0.1, 0.15) is 10.6 Å². The van der Waals surface area contributed by atoms with Crippen LogP contribution < -0.4 is 10.6 Å². The van der Waals surface area contributed by atoms with Gasteiger partial charge in [0.1, 0.15) is 5.01 Å². The summed E-state index contributed by atoms with van der Waals surface area (Å²) in [5.41, 5.74) is 1.92. The third-order valence-electron chi connectivity index (χ3n) is 3.94. The van der Waals surface area contributed by atoms with E-state index in [1.807, 2.05) is 48.5 Å². The highest BCUT2D eigenvalue weighted by Gasteiger charge is 2.10. The summed E-state index contributed by atoms with van der Waals surface area (Å²) in [6.45, 7) is 0. The second-order valence-corrected chi connectivity index (χ2v) is 6.82. The topological polar surface area (TPSA) is 66.9 Å². The van der Waals surface area contributed by atoms with Gasteiger partial charge in [-0.25, -0.2) is 4.79 Å². The van der Waals surface area contributed by atoms with E-state index in [2.05, 4.69) is 45.1 Å². The summed E-state index contributed by atoms with van der Waals surface area (Å²) in [7, 11) is 0. The number of urea groups is 1. The number of amides is 2. The summed E-state index contributed by atoms with van der Waals surface area (Å²) in [5, 5.41) is 17.5. The summed E-state index contributed by atoms with van der Waals surface area (Å²) in [5.74, 6) is 0. The largest absolute Gasteiger partial charge is 0.325 e. The predicted octanol–water partition coefficient (Wildman–Crippen LogP) is 4.93. The molecular formula is C20H16N4OS. The van der Waals surface area contributed by atoms with Crippen molar-refractivity contribution in [1.29, 1.82) is 0 Å². The van der Waals surface area contributed by atoms with E-state index in [0.29, 0.717) is 11.6 Å². The second-order valence-electron chi connectivity index (χ2n) is 5.76. The highest BCUT2D eigenvalue weighted by molar-refractivity contribution is 7.15. The molecule has 0 saturated heterocycles. The Morgan fingerprint density at radius 1 is 0.846 bits per heavy atom. The predicted molar refractivity (Wildman–Crippen MR) is 106 cm³/mol. The van der Waals surface area contributed by atoms with Crippen molar-refractivity contribution in [2.45, 2.75) is 6.42 Å². The van der Waals surface area contributed by atoms with Gasteiger partial charge in [0.05, 0.1) is 0 Å². The average molecular weight is 360 g/mol. The third-order valence-corrected chi connectivity index (χ3v) is 4.78. The molecule has 0 aliphatic rings. The van der Waals surface area contributed by atoms with Gasteiger partial charge in [-0.3, -0.25) is 5.32 Å². The fourth-order valence-electron chi connectivity index (χ4n) is 2.77. The molecule has 2 N–H and O–H groups in total. The maximum Gasteiger partial charge on any atom is 0.325 e. The fraction of sp³-hybridized carbons (Fsp3) is 0.0500. The molecule has 4 aromatic rings. The Balaban J connectivity index is 1.45. The van der Waals surface area contributed by atoms with Gasteiger partial charge in [0.2, 0.25) is 5.13 Å². The molecule has 4 rings (SSSR count). The standard InChI is InChI=1S/C20H16N4OS/c25-19(21-16-10-2-1-3-11-16)22-20-24-23-18(26-20)13-15-9-6-8-14-7-4-5-12-17(14)15/h1-12H,13H2,(H2,21,22,24,25). The Kier molecular flexibility index (Phi) is 4.57. The van der Waals surface area contributed by atoms with Crippen LogP contribution in [0.2, 0.25) is 0 Å². The van der Waals surface area contributed by atoms with E-state index in [0.717, 1.165) is 10.7 Å². The number of anilines is 2. The van der Waals surface area contributed by atoms with Crippen molar-refractivity contribution >= 4 is 39.0 Å². The van der Waals surface area contributed by atoms with E-state index in [1.165, 1.54) is 27.7 Å². The van der Waals surface area contributed by atoms with Crippen LogP contribution in [0.15, 0.2) is 72.8 Å². The first-order valence-corrected chi connectivity index (χ1v) is 9.02. The van der Waals surface area contributed by atoms with Crippen LogP contribution in [0.25, 0.3) is 10.8 Å². The number of para-hydroxylation sites is 1. The number of carbonyl (C=O) groups is 1. The van der Waals surface area contributed by atoms with Crippen LogP contribution in [0, 0.1) is 0 Å². The number of aromatic nitrogens is 2. The Morgan fingerprint density at radius 2 is 1.62 bits per heavy atom. The van der Waals surface area contributed by atoms with Gasteiger partial charge in [-0.05, 0) is 28.5 Å². The lowest BCUT2D eigenvalue weighted by molar-refractivity contribution is 0.262. The molecule has 0 spiro atoms. The van der Waals surface area contributed by atoms with E-state index in [1.54, 1.807) is 0 Å². The van der Waals surface area contributed by atoms with Crippen molar-refractivity contribution in [2.24, 2.45) is 0 Å². The number of rotatable bonds is 4. The minimum Gasteiger partial charge on any atom is -0.308 e. The Hall–Kier alpha value is -3.25. The lowest BCUT2D eigenvalue weighted by atomic mass is 10.0. The number of benzene rings is 3. The van der Waals surface area contributed by atoms with E-state index in [9.17, 15) is 4.79 Å². The maximum absolute atomic E-state index is 12.0. The van der Waals surface area contributed by atoms with Gasteiger partial charge in [-0.1, -0.05) is 72.0 Å². The second kappa shape index (κ2) is 7.33. The Bertz CT molecular complexity index is 1040. The molecule has 0 fully saturated rings. The van der Waals surface area contributed by atoms with Crippen molar-refractivity contribution in [3.8, 4) is 0 Å². The average Bonchev–Trinajstić information content (AvgIpc) is 3.09. The zero-order chi connectivity index (χ0) is 17.8. The van der Waals surface area contributed by atoms with Gasteiger partial charge in [-0.2, -0.15) is 0 Å². The molecule has 0 atom stereocenters. The summed E-state index contributed by atoms with van der Waals surface area (Å²) in [6.07, 6.45) is 0.682. The molecule has 128 valence electrons. The van der Waals surface area contributed by atoms with Gasteiger partial charge in [0, 0.05) is 12.1 Å². The van der Waals surface area contributed by atoms with Gasteiger partial charge in [0.15, 0.2) is 0 Å². The van der Waals surface area contributed by atoms with Gasteiger partial charge in [0.25, 0.3) is 0 Å². The highest BCUT2D eigenvalue weighted by atomic mass is 32.1. The molecule has 3 aromatic carbocycles. The zero-order valence-electron chi connectivity index (χ0n) is 13.8. The molecule has 2 amide bonds. The number of nitrogens with one attached hydrogen (secondary N) is 2. The molecule has 0 saturated carbocycles. The van der Waals surface area contributed by atoms with E-state index in [-0.39, 0.29) is 6.03 Å². The van der Waals surface area contributed by atoms with E-state index >= 15 is 0 Å². The van der Waals surface area contributed by atoms with Crippen LogP contribution in [0.5, 0.6) is 0 Å². The zero-order valence-corrected chi connectivity index (χ0v) is 14.7. The highest BCUT2D eigenvalue weighted by Crippen LogP contribution is 2.24. The molecule has 26 heavy (non-hydrogen) atoms. The number of carbonyl (C=O) groups excluding carboxylic acids is 1. The molecule has 5 nitrogen and oxygen atoms in total. The lowest BCUT2D eigenvalue weighted by Crippen LogP contribution is -2.19. The van der Waals surface area contributed by atoms with Crippen LogP contribution in [0.3, 0.4) is 0 Å². The van der Waals surface area contributed by atoms with E-state index < -0.39 is 0 Å². The molecule has 1 heterocycles. The molecular weight excluding hydrogens is 344 g/mol. The van der Waals surface area contributed by atoms with Crippen molar-refractivity contribution in [2.75, 3.05) is 10.6 Å². The van der Waals surface area contributed by atoms with E-state index in [4.69, 9.17) is 0 Å². The SMILES string of the molecule is O=C(Nc1ccccc1)Nc1nnc(Cc2cccc3ccccc23)s1.